The summed E-state index contributed by atoms with van der Waals surface area (Å²) >= 11 is 0. The Balaban J connectivity index is 1.68. The van der Waals surface area contributed by atoms with Crippen LogP contribution in [0.5, 0.6) is 0 Å². The van der Waals surface area contributed by atoms with Gasteiger partial charge in [0.15, 0.2) is 6.29 Å². The lowest BCUT2D eigenvalue weighted by molar-refractivity contribution is -0.338. The van der Waals surface area contributed by atoms with E-state index in [4.69, 9.17) is 29.4 Å². The minimum absolute atomic E-state index is 0.0559. The molecule has 0 bridgehead atoms. The largest absolute Gasteiger partial charge is 0.460 e. The molecular formula is C29H52N2O17. The highest BCUT2D eigenvalue weighted by atomic mass is 16.7. The molecule has 3 saturated heterocycles. The standard InChI is InChI=1S/C29H52N2O17/c1-29(2,3)48-18(35)5-4-12(30)27(43)31-7-14-26(24(41)22(39)17(10-34)45-14)47-28-25(42)19(36)11(15(8-32)46-28)6-13-20(37)23(40)21(38)16(9-33)44-13/h11-17,19-26,28,32-34,36-42H,4-10,30H2,1-3H3,(H,31,43)/t11-,12+,13-,14-,15-,16-,17-,19+,20+,21-,22+,23-,24-,25-,26-,28-/m1/s1. The van der Waals surface area contributed by atoms with Gasteiger partial charge in [0.2, 0.25) is 5.91 Å². The number of amides is 1. The van der Waals surface area contributed by atoms with Gasteiger partial charge in [0.05, 0.1) is 44.2 Å². The molecule has 48 heavy (non-hydrogen) atoms. The lowest BCUT2D eigenvalue weighted by atomic mass is 9.81. The number of aliphatic hydroxyl groups is 10. The molecule has 0 aromatic carbocycles. The number of nitrogens with two attached hydrogens (primary N) is 1. The fourth-order valence-corrected chi connectivity index (χ4v) is 6.00. The average Bonchev–Trinajstić information content (AvgIpc) is 3.03. The molecule has 0 spiro atoms. The van der Waals surface area contributed by atoms with E-state index in [0.29, 0.717) is 0 Å². The Morgan fingerprint density at radius 3 is 1.83 bits per heavy atom. The molecule has 0 aromatic rings. The normalized spacial score (nSPS) is 41.4. The molecular weight excluding hydrogens is 648 g/mol. The summed E-state index contributed by atoms with van der Waals surface area (Å²) in [6.07, 6.45) is -22.2. The molecule has 1 amide bonds. The molecule has 0 saturated carbocycles. The summed E-state index contributed by atoms with van der Waals surface area (Å²) in [5.74, 6) is -2.40. The highest BCUT2D eigenvalue weighted by Gasteiger charge is 2.52. The lowest BCUT2D eigenvalue weighted by Crippen LogP contribution is -2.65. The van der Waals surface area contributed by atoms with Crippen molar-refractivity contribution in [2.75, 3.05) is 26.4 Å². The second-order valence-electron chi connectivity index (χ2n) is 13.4. The van der Waals surface area contributed by atoms with Crippen LogP contribution in [0.4, 0.5) is 0 Å². The maximum atomic E-state index is 12.7. The zero-order valence-electron chi connectivity index (χ0n) is 27.1. The third-order valence-electron chi connectivity index (χ3n) is 8.68. The topological polar surface area (TPSA) is 321 Å². The van der Waals surface area contributed by atoms with Crippen LogP contribution < -0.4 is 11.1 Å². The zero-order chi connectivity index (χ0) is 36.1. The van der Waals surface area contributed by atoms with Gasteiger partial charge in [0.1, 0.15) is 66.6 Å². The second-order valence-corrected chi connectivity index (χ2v) is 13.4. The number of esters is 1. The summed E-state index contributed by atoms with van der Waals surface area (Å²) in [6, 6.07) is -1.14. The molecule has 3 rings (SSSR count). The van der Waals surface area contributed by atoms with Gasteiger partial charge in [0, 0.05) is 18.9 Å². The second kappa shape index (κ2) is 17.5. The maximum absolute atomic E-state index is 12.7. The quantitative estimate of drug-likeness (QED) is 0.0795. The number of hydrogen-bond acceptors (Lipinski definition) is 18. The molecule has 3 aliphatic rings. The first-order valence-corrected chi connectivity index (χ1v) is 15.9. The fraction of sp³-hybridized carbons (Fsp3) is 0.931. The molecule has 13 N–H and O–H groups in total. The van der Waals surface area contributed by atoms with E-state index in [0.717, 1.165) is 0 Å². The van der Waals surface area contributed by atoms with E-state index < -0.39 is 141 Å². The zero-order valence-corrected chi connectivity index (χ0v) is 27.1. The van der Waals surface area contributed by atoms with Crippen LogP contribution in [0, 0.1) is 5.92 Å². The minimum atomic E-state index is -1.86. The molecule has 19 nitrogen and oxygen atoms in total. The van der Waals surface area contributed by atoms with Crippen LogP contribution >= 0.6 is 0 Å². The number of carbonyl (C=O) groups excluding carboxylic acids is 2. The summed E-state index contributed by atoms with van der Waals surface area (Å²) in [6.45, 7) is 2.52. The Morgan fingerprint density at radius 1 is 0.729 bits per heavy atom. The number of ether oxygens (including phenoxy) is 5. The predicted molar refractivity (Wildman–Crippen MR) is 158 cm³/mol. The van der Waals surface area contributed by atoms with Gasteiger partial charge in [-0.25, -0.2) is 0 Å². The summed E-state index contributed by atoms with van der Waals surface area (Å²) in [5, 5.41) is 106. The Hall–Kier alpha value is -1.66. The number of hydrogen-bond donors (Lipinski definition) is 12. The summed E-state index contributed by atoms with van der Waals surface area (Å²) in [5.41, 5.74) is 5.20. The monoisotopic (exact) mass is 700 g/mol. The first kappa shape index (κ1) is 40.8. The van der Waals surface area contributed by atoms with Crippen LogP contribution in [0.15, 0.2) is 0 Å². The van der Waals surface area contributed by atoms with Crippen molar-refractivity contribution >= 4 is 11.9 Å². The lowest BCUT2D eigenvalue weighted by Gasteiger charge is -2.48. The Kier molecular flexibility index (Phi) is 14.9. The van der Waals surface area contributed by atoms with Crippen LogP contribution in [0.3, 0.4) is 0 Å². The van der Waals surface area contributed by atoms with E-state index >= 15 is 0 Å². The third kappa shape index (κ3) is 9.98. The van der Waals surface area contributed by atoms with Crippen molar-refractivity contribution in [3.8, 4) is 0 Å². The van der Waals surface area contributed by atoms with Crippen LogP contribution in [-0.2, 0) is 33.3 Å². The summed E-state index contributed by atoms with van der Waals surface area (Å²) in [4.78, 5) is 24.7. The van der Waals surface area contributed by atoms with Crippen LogP contribution in [0.25, 0.3) is 0 Å². The molecule has 0 aliphatic carbocycles. The van der Waals surface area contributed by atoms with Gasteiger partial charge in [-0.3, -0.25) is 9.59 Å². The first-order chi connectivity index (χ1) is 22.4. The van der Waals surface area contributed by atoms with Crippen molar-refractivity contribution < 1.29 is 84.3 Å². The van der Waals surface area contributed by atoms with Crippen LogP contribution in [0.1, 0.15) is 40.0 Å². The Bertz CT molecular complexity index is 1030. The van der Waals surface area contributed by atoms with Crippen molar-refractivity contribution in [3.63, 3.8) is 0 Å². The van der Waals surface area contributed by atoms with E-state index in [-0.39, 0.29) is 19.3 Å². The van der Waals surface area contributed by atoms with E-state index in [1.54, 1.807) is 20.8 Å². The molecule has 3 fully saturated rings. The van der Waals surface area contributed by atoms with E-state index in [1.807, 2.05) is 0 Å². The third-order valence-corrected chi connectivity index (χ3v) is 8.68. The fourth-order valence-electron chi connectivity index (χ4n) is 6.00. The number of rotatable bonds is 13. The maximum Gasteiger partial charge on any atom is 0.306 e. The molecule has 16 atom stereocenters. The van der Waals surface area contributed by atoms with Crippen molar-refractivity contribution in [2.45, 2.75) is 137 Å². The number of carbonyl (C=O) groups is 2. The van der Waals surface area contributed by atoms with Crippen LogP contribution in [0.2, 0.25) is 0 Å². The Labute approximate surface area is 277 Å². The van der Waals surface area contributed by atoms with Gasteiger partial charge in [0.25, 0.3) is 0 Å². The first-order valence-electron chi connectivity index (χ1n) is 15.9. The molecule has 280 valence electrons. The highest BCUT2D eigenvalue weighted by molar-refractivity contribution is 5.82. The van der Waals surface area contributed by atoms with Crippen molar-refractivity contribution in [1.82, 2.24) is 5.32 Å². The highest BCUT2D eigenvalue weighted by Crippen LogP contribution is 2.36. The van der Waals surface area contributed by atoms with Gasteiger partial charge < -0.3 is 85.8 Å². The molecule has 0 aromatic heterocycles. The van der Waals surface area contributed by atoms with E-state index in [9.17, 15) is 60.7 Å². The smallest absolute Gasteiger partial charge is 0.306 e. The minimum Gasteiger partial charge on any atom is -0.460 e. The summed E-state index contributed by atoms with van der Waals surface area (Å²) < 4.78 is 27.9. The van der Waals surface area contributed by atoms with E-state index in [1.165, 1.54) is 0 Å². The van der Waals surface area contributed by atoms with Gasteiger partial charge in [-0.15, -0.1) is 0 Å². The van der Waals surface area contributed by atoms with Gasteiger partial charge in [-0.2, -0.15) is 0 Å². The SMILES string of the molecule is CC(C)(C)OC(=O)CC[C@H](N)C(=O)NC[C@H]1O[C@H](CO)[C@H](O)[C@@H](O)[C@@H]1O[C@H]1O[C@H](CO)[C@@H](C[C@H]2O[C@H](CO)[C@@H](O)[C@H](O)[C@H]2O)[C@H](O)[C@H]1O. The predicted octanol–water partition coefficient (Wildman–Crippen LogP) is -6.29. The number of nitrogens with one attached hydrogen (secondary N) is 1. The average molecular weight is 701 g/mol. The van der Waals surface area contributed by atoms with Crippen molar-refractivity contribution in [1.29, 1.82) is 0 Å². The molecule has 0 unspecified atom stereocenters. The Morgan fingerprint density at radius 2 is 1.27 bits per heavy atom. The molecule has 3 heterocycles. The number of aliphatic hydroxyl groups excluding tert-OH is 10. The molecule has 3 aliphatic heterocycles. The van der Waals surface area contributed by atoms with Gasteiger partial charge in [-0.05, 0) is 33.6 Å². The van der Waals surface area contributed by atoms with Crippen LogP contribution in [-0.4, -0.2) is 187 Å². The molecule has 0 radical (unpaired) electrons. The van der Waals surface area contributed by atoms with Gasteiger partial charge in [-0.1, -0.05) is 0 Å². The summed E-state index contributed by atoms with van der Waals surface area (Å²) in [7, 11) is 0. The van der Waals surface area contributed by atoms with Gasteiger partial charge >= 0.3 is 5.97 Å². The molecule has 19 heteroatoms. The van der Waals surface area contributed by atoms with Crippen molar-refractivity contribution in [3.05, 3.63) is 0 Å². The van der Waals surface area contributed by atoms with Crippen molar-refractivity contribution in [2.24, 2.45) is 11.7 Å². The van der Waals surface area contributed by atoms with E-state index in [2.05, 4.69) is 5.32 Å².